The van der Waals surface area contributed by atoms with E-state index in [2.05, 4.69) is 10.3 Å². The van der Waals surface area contributed by atoms with Crippen molar-refractivity contribution in [2.75, 3.05) is 24.7 Å². The quantitative estimate of drug-likeness (QED) is 0.861. The van der Waals surface area contributed by atoms with Gasteiger partial charge in [0.1, 0.15) is 11.9 Å². The Morgan fingerprint density at radius 1 is 1.52 bits per heavy atom. The molecule has 2 heterocycles. The molecule has 2 rings (SSSR count). The van der Waals surface area contributed by atoms with E-state index in [1.54, 1.807) is 19.2 Å². The summed E-state index contributed by atoms with van der Waals surface area (Å²) in [6.07, 6.45) is 1.04. The molecule has 1 saturated heterocycles. The number of anilines is 1. The number of aliphatic hydroxyl groups is 1. The molecule has 116 valence electrons. The van der Waals surface area contributed by atoms with Crippen LogP contribution < -0.4 is 10.2 Å². The highest BCUT2D eigenvalue weighted by Gasteiger charge is 2.32. The van der Waals surface area contributed by atoms with Gasteiger partial charge in [-0.15, -0.1) is 0 Å². The van der Waals surface area contributed by atoms with E-state index in [4.69, 9.17) is 4.74 Å². The highest BCUT2D eigenvalue weighted by Crippen LogP contribution is 2.26. The minimum absolute atomic E-state index is 0.0706. The van der Waals surface area contributed by atoms with Gasteiger partial charge < -0.3 is 20.1 Å². The van der Waals surface area contributed by atoms with E-state index in [0.29, 0.717) is 25.6 Å². The van der Waals surface area contributed by atoms with Gasteiger partial charge in [-0.05, 0) is 26.8 Å². The average molecular weight is 293 g/mol. The van der Waals surface area contributed by atoms with Crippen LogP contribution in [0.3, 0.4) is 0 Å². The topological polar surface area (TPSA) is 74.7 Å². The fourth-order valence-electron chi connectivity index (χ4n) is 2.43. The number of pyridine rings is 1. The van der Waals surface area contributed by atoms with Crippen molar-refractivity contribution in [1.82, 2.24) is 10.3 Å². The summed E-state index contributed by atoms with van der Waals surface area (Å²) in [5.41, 5.74) is 0.724. The van der Waals surface area contributed by atoms with Crippen molar-refractivity contribution in [2.24, 2.45) is 0 Å². The second-order valence-electron chi connectivity index (χ2n) is 5.54. The Morgan fingerprint density at radius 2 is 2.29 bits per heavy atom. The minimum atomic E-state index is -0.634. The van der Waals surface area contributed by atoms with E-state index in [1.165, 1.54) is 0 Å². The van der Waals surface area contributed by atoms with Crippen LogP contribution in [-0.2, 0) is 9.53 Å². The predicted molar refractivity (Wildman–Crippen MR) is 80.1 cm³/mol. The normalized spacial score (nSPS) is 20.4. The number of nitrogens with zero attached hydrogens (tertiary/aromatic N) is 2. The largest absolute Gasteiger partial charge is 0.389 e. The van der Waals surface area contributed by atoms with E-state index in [1.807, 2.05) is 24.8 Å². The van der Waals surface area contributed by atoms with Crippen molar-refractivity contribution in [2.45, 2.75) is 39.0 Å². The Balaban J connectivity index is 2.29. The zero-order valence-electron chi connectivity index (χ0n) is 12.7. The number of rotatable bonds is 4. The number of nitrogens with one attached hydrogen (secondary N) is 1. The predicted octanol–water partition coefficient (Wildman–Crippen LogP) is 0.865. The number of hydrogen-bond donors (Lipinski definition) is 2. The van der Waals surface area contributed by atoms with Gasteiger partial charge >= 0.3 is 0 Å². The van der Waals surface area contributed by atoms with Gasteiger partial charge in [0.15, 0.2) is 0 Å². The maximum atomic E-state index is 12.4. The van der Waals surface area contributed by atoms with Crippen LogP contribution in [0.15, 0.2) is 18.3 Å². The highest BCUT2D eigenvalue weighted by atomic mass is 16.5. The van der Waals surface area contributed by atoms with E-state index >= 15 is 0 Å². The summed E-state index contributed by atoms with van der Waals surface area (Å²) >= 11 is 0. The Bertz CT molecular complexity index is 491. The van der Waals surface area contributed by atoms with Gasteiger partial charge in [0.05, 0.1) is 19.3 Å². The van der Waals surface area contributed by atoms with Crippen molar-refractivity contribution in [3.63, 3.8) is 0 Å². The monoisotopic (exact) mass is 293 g/mol. The minimum Gasteiger partial charge on any atom is -0.389 e. The molecule has 1 aliphatic heterocycles. The molecule has 6 nitrogen and oxygen atoms in total. The molecule has 0 saturated carbocycles. The Labute approximate surface area is 125 Å². The van der Waals surface area contributed by atoms with Gasteiger partial charge in [-0.1, -0.05) is 6.07 Å². The van der Waals surface area contributed by atoms with E-state index in [0.717, 1.165) is 5.56 Å². The molecule has 1 aromatic heterocycles. The van der Waals surface area contributed by atoms with E-state index < -0.39 is 12.1 Å². The average Bonchev–Trinajstić information content (AvgIpc) is 2.46. The summed E-state index contributed by atoms with van der Waals surface area (Å²) < 4.78 is 5.44. The molecule has 1 amide bonds. The van der Waals surface area contributed by atoms with E-state index in [-0.39, 0.29) is 11.9 Å². The zero-order chi connectivity index (χ0) is 15.4. The molecule has 1 aromatic rings. The maximum Gasteiger partial charge on any atom is 0.245 e. The molecule has 6 heteroatoms. The first-order chi connectivity index (χ1) is 10.0. The van der Waals surface area contributed by atoms with Gasteiger partial charge in [-0.3, -0.25) is 4.79 Å². The summed E-state index contributed by atoms with van der Waals surface area (Å²) in [6, 6.07) is 3.27. The number of carbonyl (C=O) groups is 1. The van der Waals surface area contributed by atoms with Crippen LogP contribution in [0.25, 0.3) is 0 Å². The number of carbonyl (C=O) groups excluding carboxylic acids is 1. The summed E-state index contributed by atoms with van der Waals surface area (Å²) in [6.45, 7) is 6.99. The molecule has 0 aliphatic carbocycles. The number of amides is 1. The summed E-state index contributed by atoms with van der Waals surface area (Å²) in [5.74, 6) is 0.576. The molecule has 0 radical (unpaired) electrons. The molecule has 21 heavy (non-hydrogen) atoms. The number of aromatic nitrogens is 1. The lowest BCUT2D eigenvalue weighted by atomic mass is 10.1. The number of hydrogen-bond acceptors (Lipinski definition) is 5. The summed E-state index contributed by atoms with van der Waals surface area (Å²) in [7, 11) is 0. The number of ether oxygens (including phenoxy) is 1. The molecular formula is C15H23N3O3. The lowest BCUT2D eigenvalue weighted by Gasteiger charge is -2.37. The van der Waals surface area contributed by atoms with Crippen LogP contribution in [0.4, 0.5) is 5.82 Å². The Kier molecular flexibility index (Phi) is 5.14. The van der Waals surface area contributed by atoms with Crippen molar-refractivity contribution in [3.8, 4) is 0 Å². The molecular weight excluding hydrogens is 270 g/mol. The van der Waals surface area contributed by atoms with Crippen LogP contribution in [0.2, 0.25) is 0 Å². The second kappa shape index (κ2) is 6.87. The third kappa shape index (κ3) is 3.71. The first kappa shape index (κ1) is 15.7. The molecule has 2 atom stereocenters. The Morgan fingerprint density at radius 3 is 2.95 bits per heavy atom. The molecule has 0 bridgehead atoms. The van der Waals surface area contributed by atoms with Gasteiger partial charge in [0, 0.05) is 24.3 Å². The van der Waals surface area contributed by atoms with Gasteiger partial charge in [0.25, 0.3) is 0 Å². The van der Waals surface area contributed by atoms with Gasteiger partial charge in [-0.25, -0.2) is 4.98 Å². The first-order valence-electron chi connectivity index (χ1n) is 7.28. The molecule has 1 fully saturated rings. The smallest absolute Gasteiger partial charge is 0.245 e. The summed E-state index contributed by atoms with van der Waals surface area (Å²) in [5, 5.41) is 12.8. The second-order valence-corrected chi connectivity index (χ2v) is 5.54. The molecule has 0 aromatic carbocycles. The third-order valence-electron chi connectivity index (χ3n) is 3.40. The van der Waals surface area contributed by atoms with Crippen LogP contribution in [0.1, 0.15) is 32.4 Å². The fraction of sp³-hybridized carbons (Fsp3) is 0.600. The standard InChI is InChI=1S/C15H23N3O3/c1-10(2)17-15(20)13-9-21-8-7-18(13)14-12(11(3)19)5-4-6-16-14/h4-6,10-11,13,19H,7-9H2,1-3H3,(H,17,20)/t11-,13?/m1/s1. The number of aliphatic hydroxyl groups excluding tert-OH is 1. The van der Waals surface area contributed by atoms with Crippen molar-refractivity contribution < 1.29 is 14.6 Å². The third-order valence-corrected chi connectivity index (χ3v) is 3.40. The number of morpholine rings is 1. The fourth-order valence-corrected chi connectivity index (χ4v) is 2.43. The zero-order valence-corrected chi connectivity index (χ0v) is 12.7. The van der Waals surface area contributed by atoms with Gasteiger partial charge in [-0.2, -0.15) is 0 Å². The Hall–Kier alpha value is -1.66. The highest BCUT2D eigenvalue weighted by molar-refractivity contribution is 5.85. The van der Waals surface area contributed by atoms with Crippen molar-refractivity contribution in [1.29, 1.82) is 0 Å². The van der Waals surface area contributed by atoms with E-state index in [9.17, 15) is 9.90 Å². The van der Waals surface area contributed by atoms with Crippen LogP contribution in [0, 0.1) is 0 Å². The van der Waals surface area contributed by atoms with Crippen molar-refractivity contribution in [3.05, 3.63) is 23.9 Å². The van der Waals surface area contributed by atoms with Gasteiger partial charge in [0.2, 0.25) is 5.91 Å². The van der Waals surface area contributed by atoms with Crippen LogP contribution in [0.5, 0.6) is 0 Å². The molecule has 0 spiro atoms. The van der Waals surface area contributed by atoms with Crippen molar-refractivity contribution >= 4 is 11.7 Å². The molecule has 1 unspecified atom stereocenters. The van der Waals surface area contributed by atoms with Crippen LogP contribution in [-0.4, -0.2) is 47.8 Å². The lowest BCUT2D eigenvalue weighted by Crippen LogP contribution is -2.55. The first-order valence-corrected chi connectivity index (χ1v) is 7.28. The summed E-state index contributed by atoms with van der Waals surface area (Å²) in [4.78, 5) is 18.6. The molecule has 2 N–H and O–H groups in total. The SMILES string of the molecule is CC(C)NC(=O)C1COCCN1c1ncccc1[C@@H](C)O. The lowest BCUT2D eigenvalue weighted by molar-refractivity contribution is -0.125. The maximum absolute atomic E-state index is 12.4. The van der Waals surface area contributed by atoms with Crippen LogP contribution >= 0.6 is 0 Å². The molecule has 1 aliphatic rings.